The van der Waals surface area contributed by atoms with E-state index < -0.39 is 6.04 Å². The molecule has 2 amide bonds. The number of hydrogen-bond donors (Lipinski definition) is 2. The van der Waals surface area contributed by atoms with Crippen molar-refractivity contribution >= 4 is 29.1 Å². The van der Waals surface area contributed by atoms with E-state index in [0.717, 1.165) is 5.56 Å². The molecule has 6 heteroatoms. The van der Waals surface area contributed by atoms with Gasteiger partial charge in [-0.2, -0.15) is 0 Å². The molecule has 3 aromatic carbocycles. The van der Waals surface area contributed by atoms with Crippen LogP contribution in [0.5, 0.6) is 5.75 Å². The van der Waals surface area contributed by atoms with Crippen LogP contribution >= 0.6 is 11.6 Å². The van der Waals surface area contributed by atoms with Crippen molar-refractivity contribution in [3.05, 3.63) is 95.0 Å². The van der Waals surface area contributed by atoms with E-state index in [4.69, 9.17) is 16.3 Å². The summed E-state index contributed by atoms with van der Waals surface area (Å²) in [6.45, 7) is 0. The number of amides is 2. The Hall–Kier alpha value is -3.31. The summed E-state index contributed by atoms with van der Waals surface area (Å²) in [7, 11) is 1.52. The molecule has 0 radical (unpaired) electrons. The van der Waals surface area contributed by atoms with E-state index in [1.165, 1.54) is 7.11 Å². The van der Waals surface area contributed by atoms with Gasteiger partial charge in [0.15, 0.2) is 0 Å². The van der Waals surface area contributed by atoms with Gasteiger partial charge in [-0.15, -0.1) is 0 Å². The molecule has 0 spiro atoms. The van der Waals surface area contributed by atoms with E-state index >= 15 is 0 Å². The Morgan fingerprint density at radius 2 is 1.62 bits per heavy atom. The number of anilines is 1. The van der Waals surface area contributed by atoms with E-state index in [2.05, 4.69) is 10.6 Å². The van der Waals surface area contributed by atoms with Gasteiger partial charge >= 0.3 is 0 Å². The summed E-state index contributed by atoms with van der Waals surface area (Å²) in [6, 6.07) is 22.8. The first-order chi connectivity index (χ1) is 14.1. The van der Waals surface area contributed by atoms with Crippen molar-refractivity contribution in [1.29, 1.82) is 0 Å². The minimum Gasteiger partial charge on any atom is -0.495 e. The summed E-state index contributed by atoms with van der Waals surface area (Å²) < 4.78 is 5.27. The first kappa shape index (κ1) is 20.4. The van der Waals surface area contributed by atoms with Crippen LogP contribution in [0.4, 0.5) is 5.69 Å². The quantitative estimate of drug-likeness (QED) is 0.587. The van der Waals surface area contributed by atoms with Gasteiger partial charge in [0.2, 0.25) is 5.91 Å². The SMILES string of the molecule is COc1ccc(Cl)cc1NC(=O)C[C@H](NC(=O)c1ccccc1)c1ccccc1. The van der Waals surface area contributed by atoms with E-state index in [0.29, 0.717) is 22.0 Å². The molecule has 0 bridgehead atoms. The second-order valence-corrected chi connectivity index (χ2v) is 6.84. The van der Waals surface area contributed by atoms with Gasteiger partial charge in [0.25, 0.3) is 5.91 Å². The largest absolute Gasteiger partial charge is 0.495 e. The lowest BCUT2D eigenvalue weighted by Gasteiger charge is -2.19. The van der Waals surface area contributed by atoms with E-state index in [1.54, 1.807) is 42.5 Å². The molecule has 0 aromatic heterocycles. The summed E-state index contributed by atoms with van der Waals surface area (Å²) in [5.41, 5.74) is 1.85. The van der Waals surface area contributed by atoms with Crippen LogP contribution in [0.1, 0.15) is 28.4 Å². The number of rotatable bonds is 7. The Kier molecular flexibility index (Phi) is 6.87. The molecule has 3 aromatic rings. The third-order valence-corrected chi connectivity index (χ3v) is 4.60. The van der Waals surface area contributed by atoms with Gasteiger partial charge < -0.3 is 15.4 Å². The van der Waals surface area contributed by atoms with Crippen LogP contribution in [-0.4, -0.2) is 18.9 Å². The molecule has 5 nitrogen and oxygen atoms in total. The van der Waals surface area contributed by atoms with Crippen LogP contribution in [0.25, 0.3) is 0 Å². The Balaban J connectivity index is 1.77. The van der Waals surface area contributed by atoms with Crippen molar-refractivity contribution in [2.45, 2.75) is 12.5 Å². The molecule has 0 saturated carbocycles. The molecule has 148 valence electrons. The molecule has 0 heterocycles. The Labute approximate surface area is 174 Å². The Bertz CT molecular complexity index is 978. The zero-order valence-corrected chi connectivity index (χ0v) is 16.6. The minimum absolute atomic E-state index is 0.0538. The molecular formula is C23H21ClN2O3. The molecule has 0 fully saturated rings. The first-order valence-corrected chi connectivity index (χ1v) is 9.49. The first-order valence-electron chi connectivity index (χ1n) is 9.11. The summed E-state index contributed by atoms with van der Waals surface area (Å²) in [4.78, 5) is 25.4. The number of halogens is 1. The highest BCUT2D eigenvalue weighted by Crippen LogP contribution is 2.28. The van der Waals surface area contributed by atoms with Gasteiger partial charge in [0.05, 0.1) is 25.3 Å². The molecule has 3 rings (SSSR count). The van der Waals surface area contributed by atoms with E-state index in [-0.39, 0.29) is 18.2 Å². The monoisotopic (exact) mass is 408 g/mol. The minimum atomic E-state index is -0.492. The fraction of sp³-hybridized carbons (Fsp3) is 0.130. The zero-order valence-electron chi connectivity index (χ0n) is 15.9. The third kappa shape index (κ3) is 5.59. The van der Waals surface area contributed by atoms with Crippen LogP contribution in [0.2, 0.25) is 5.02 Å². The maximum absolute atomic E-state index is 12.7. The van der Waals surface area contributed by atoms with Crippen LogP contribution < -0.4 is 15.4 Å². The van der Waals surface area contributed by atoms with Crippen molar-refractivity contribution in [1.82, 2.24) is 5.32 Å². The summed E-state index contributed by atoms with van der Waals surface area (Å²) >= 11 is 6.03. The smallest absolute Gasteiger partial charge is 0.251 e. The highest BCUT2D eigenvalue weighted by Gasteiger charge is 2.20. The second kappa shape index (κ2) is 9.75. The lowest BCUT2D eigenvalue weighted by molar-refractivity contribution is -0.116. The van der Waals surface area contributed by atoms with Crippen molar-refractivity contribution < 1.29 is 14.3 Å². The summed E-state index contributed by atoms with van der Waals surface area (Å²) in [5, 5.41) is 6.25. The molecule has 0 unspecified atom stereocenters. The molecule has 0 saturated heterocycles. The van der Waals surface area contributed by atoms with Crippen molar-refractivity contribution in [3.63, 3.8) is 0 Å². The number of nitrogens with one attached hydrogen (secondary N) is 2. The van der Waals surface area contributed by atoms with Crippen LogP contribution in [0.15, 0.2) is 78.9 Å². The number of methoxy groups -OCH3 is 1. The number of carbonyl (C=O) groups excluding carboxylic acids is 2. The van der Waals surface area contributed by atoms with Gasteiger partial charge in [0, 0.05) is 10.6 Å². The highest BCUT2D eigenvalue weighted by atomic mass is 35.5. The maximum atomic E-state index is 12.7. The van der Waals surface area contributed by atoms with Gasteiger partial charge in [-0.05, 0) is 35.9 Å². The lowest BCUT2D eigenvalue weighted by Crippen LogP contribution is -2.31. The Morgan fingerprint density at radius 3 is 2.28 bits per heavy atom. The topological polar surface area (TPSA) is 67.4 Å². The lowest BCUT2D eigenvalue weighted by atomic mass is 10.0. The second-order valence-electron chi connectivity index (χ2n) is 6.40. The molecule has 0 aliphatic heterocycles. The standard InChI is InChI=1S/C23H21ClN2O3/c1-29-21-13-12-18(24)14-20(21)25-22(27)15-19(16-8-4-2-5-9-16)26-23(28)17-10-6-3-7-11-17/h2-14,19H,15H2,1H3,(H,25,27)(H,26,28)/t19-/m0/s1. The van der Waals surface area contributed by atoms with Crippen molar-refractivity contribution in [2.24, 2.45) is 0 Å². The van der Waals surface area contributed by atoms with Crippen molar-refractivity contribution in [3.8, 4) is 5.75 Å². The maximum Gasteiger partial charge on any atom is 0.251 e. The average Bonchev–Trinajstić information content (AvgIpc) is 2.74. The molecular weight excluding hydrogens is 388 g/mol. The van der Waals surface area contributed by atoms with Gasteiger partial charge in [-0.25, -0.2) is 0 Å². The number of ether oxygens (including phenoxy) is 1. The number of hydrogen-bond acceptors (Lipinski definition) is 3. The summed E-state index contributed by atoms with van der Waals surface area (Å²) in [6.07, 6.45) is 0.0538. The number of benzene rings is 3. The van der Waals surface area contributed by atoms with E-state index in [1.807, 2.05) is 36.4 Å². The highest BCUT2D eigenvalue weighted by molar-refractivity contribution is 6.31. The average molecular weight is 409 g/mol. The normalized spacial score (nSPS) is 11.4. The molecule has 2 N–H and O–H groups in total. The Morgan fingerprint density at radius 1 is 0.966 bits per heavy atom. The van der Waals surface area contributed by atoms with Gasteiger partial charge in [-0.1, -0.05) is 60.1 Å². The molecule has 0 aliphatic carbocycles. The van der Waals surface area contributed by atoms with Crippen LogP contribution in [0.3, 0.4) is 0 Å². The molecule has 0 aliphatic rings. The predicted molar refractivity (Wildman–Crippen MR) is 114 cm³/mol. The molecule has 29 heavy (non-hydrogen) atoms. The van der Waals surface area contributed by atoms with Crippen molar-refractivity contribution in [2.75, 3.05) is 12.4 Å². The van der Waals surface area contributed by atoms with Crippen LogP contribution in [0, 0.1) is 0 Å². The third-order valence-electron chi connectivity index (χ3n) is 4.37. The van der Waals surface area contributed by atoms with Crippen LogP contribution in [-0.2, 0) is 4.79 Å². The van der Waals surface area contributed by atoms with Gasteiger partial charge in [0.1, 0.15) is 5.75 Å². The summed E-state index contributed by atoms with van der Waals surface area (Å²) in [5.74, 6) is -0.00676. The van der Waals surface area contributed by atoms with E-state index in [9.17, 15) is 9.59 Å². The fourth-order valence-electron chi connectivity index (χ4n) is 2.93. The number of carbonyl (C=O) groups is 2. The predicted octanol–water partition coefficient (Wildman–Crippen LogP) is 4.85. The van der Waals surface area contributed by atoms with Gasteiger partial charge in [-0.3, -0.25) is 9.59 Å². The fourth-order valence-corrected chi connectivity index (χ4v) is 3.11. The molecule has 1 atom stereocenters. The zero-order chi connectivity index (χ0) is 20.6.